The lowest BCUT2D eigenvalue weighted by atomic mass is 9.54. The molecule has 1 saturated carbocycles. The molecule has 1 N–H and O–H groups in total. The standard InChI is InChI=1S/C15H23ClO3/c1-4-5-6-19-12-7-11-10(2)8-14(12,3)13(17)15(11,18)9-16/h8,11-12,18H,4-7,9H2,1-3H3/t11-,12-,14-,15-/m0/s1. The summed E-state index contributed by atoms with van der Waals surface area (Å²) in [7, 11) is 0. The van der Waals surface area contributed by atoms with Crippen LogP contribution in [0.15, 0.2) is 11.6 Å². The molecule has 3 rings (SSSR count). The van der Waals surface area contributed by atoms with Crippen molar-refractivity contribution < 1.29 is 14.6 Å². The molecule has 0 aromatic carbocycles. The second-order valence-corrected chi connectivity index (χ2v) is 6.33. The molecule has 0 amide bonds. The minimum Gasteiger partial charge on any atom is -0.380 e. The molecule has 0 unspecified atom stereocenters. The highest BCUT2D eigenvalue weighted by Gasteiger charge is 2.62. The molecule has 0 aromatic heterocycles. The van der Waals surface area contributed by atoms with Gasteiger partial charge in [0.05, 0.1) is 17.4 Å². The van der Waals surface area contributed by atoms with Crippen LogP contribution < -0.4 is 0 Å². The summed E-state index contributed by atoms with van der Waals surface area (Å²) in [5, 5.41) is 10.6. The lowest BCUT2D eigenvalue weighted by Crippen LogP contribution is -2.65. The molecule has 2 bridgehead atoms. The Labute approximate surface area is 120 Å². The van der Waals surface area contributed by atoms with E-state index in [4.69, 9.17) is 16.3 Å². The van der Waals surface area contributed by atoms with Gasteiger partial charge in [-0.25, -0.2) is 0 Å². The molecule has 0 spiro atoms. The van der Waals surface area contributed by atoms with E-state index in [1.165, 1.54) is 0 Å². The van der Waals surface area contributed by atoms with Crippen molar-refractivity contribution in [2.75, 3.05) is 12.5 Å². The Morgan fingerprint density at radius 1 is 1.58 bits per heavy atom. The van der Waals surface area contributed by atoms with Crippen LogP contribution in [0.4, 0.5) is 0 Å². The van der Waals surface area contributed by atoms with Crippen molar-refractivity contribution in [2.24, 2.45) is 11.3 Å². The molecule has 0 aliphatic heterocycles. The molecule has 3 aliphatic rings. The number of halogens is 1. The van der Waals surface area contributed by atoms with E-state index < -0.39 is 11.0 Å². The zero-order valence-corrected chi connectivity index (χ0v) is 12.7. The van der Waals surface area contributed by atoms with E-state index in [2.05, 4.69) is 6.92 Å². The molecule has 19 heavy (non-hydrogen) atoms. The molecule has 3 aliphatic carbocycles. The molecule has 0 radical (unpaired) electrons. The van der Waals surface area contributed by atoms with Gasteiger partial charge in [0.2, 0.25) is 0 Å². The maximum Gasteiger partial charge on any atom is 0.178 e. The quantitative estimate of drug-likeness (QED) is 0.480. The first kappa shape index (κ1) is 15.0. The topological polar surface area (TPSA) is 46.5 Å². The van der Waals surface area contributed by atoms with E-state index in [0.717, 1.165) is 18.4 Å². The first-order chi connectivity index (χ1) is 8.90. The number of ketones is 1. The Bertz CT molecular complexity index is 406. The van der Waals surface area contributed by atoms with Crippen molar-refractivity contribution >= 4 is 17.4 Å². The first-order valence-corrected chi connectivity index (χ1v) is 7.57. The third-order valence-corrected chi connectivity index (χ3v) is 5.08. The summed E-state index contributed by atoms with van der Waals surface area (Å²) >= 11 is 5.87. The zero-order chi connectivity index (χ0) is 14.3. The predicted molar refractivity (Wildman–Crippen MR) is 75.3 cm³/mol. The number of rotatable bonds is 5. The van der Waals surface area contributed by atoms with E-state index in [-0.39, 0.29) is 23.7 Å². The van der Waals surface area contributed by atoms with Crippen LogP contribution >= 0.6 is 11.6 Å². The second-order valence-electron chi connectivity index (χ2n) is 6.06. The number of carbonyl (C=O) groups is 1. The van der Waals surface area contributed by atoms with Gasteiger partial charge in [-0.15, -0.1) is 11.6 Å². The summed E-state index contributed by atoms with van der Waals surface area (Å²) in [5.74, 6) is -0.428. The number of hydrogen-bond acceptors (Lipinski definition) is 3. The molecule has 3 nitrogen and oxygen atoms in total. The van der Waals surface area contributed by atoms with Crippen LogP contribution in [-0.2, 0) is 9.53 Å². The fourth-order valence-corrected chi connectivity index (χ4v) is 3.79. The van der Waals surface area contributed by atoms with E-state index in [1.54, 1.807) is 0 Å². The van der Waals surface area contributed by atoms with Crippen molar-refractivity contribution in [2.45, 2.75) is 51.7 Å². The number of carbonyl (C=O) groups excluding carboxylic acids is 1. The molecule has 0 heterocycles. The number of fused-ring (bicyclic) bond motifs is 2. The van der Waals surface area contributed by atoms with Gasteiger partial charge in [0.25, 0.3) is 0 Å². The van der Waals surface area contributed by atoms with Crippen molar-refractivity contribution in [1.82, 2.24) is 0 Å². The summed E-state index contributed by atoms with van der Waals surface area (Å²) in [5.41, 5.74) is -1.10. The molecular formula is C15H23ClO3. The molecule has 4 atom stereocenters. The average molecular weight is 287 g/mol. The molecule has 0 aromatic rings. The monoisotopic (exact) mass is 286 g/mol. The number of ether oxygens (including phenoxy) is 1. The highest BCUT2D eigenvalue weighted by Crippen LogP contribution is 2.52. The van der Waals surface area contributed by atoms with E-state index in [0.29, 0.717) is 13.0 Å². The van der Waals surface area contributed by atoms with Crippen molar-refractivity contribution in [1.29, 1.82) is 0 Å². The minimum absolute atomic E-state index is 0.0427. The fraction of sp³-hybridized carbons (Fsp3) is 0.800. The van der Waals surface area contributed by atoms with Crippen LogP contribution in [0.1, 0.15) is 40.0 Å². The van der Waals surface area contributed by atoms with Gasteiger partial charge in [-0.2, -0.15) is 0 Å². The van der Waals surface area contributed by atoms with Crippen molar-refractivity contribution in [3.63, 3.8) is 0 Å². The highest BCUT2D eigenvalue weighted by molar-refractivity contribution is 6.21. The van der Waals surface area contributed by atoms with E-state index >= 15 is 0 Å². The van der Waals surface area contributed by atoms with Crippen LogP contribution in [0.25, 0.3) is 0 Å². The van der Waals surface area contributed by atoms with E-state index in [1.807, 2.05) is 19.9 Å². The van der Waals surface area contributed by atoms with Gasteiger partial charge in [0.15, 0.2) is 5.78 Å². The third-order valence-electron chi connectivity index (χ3n) is 4.68. The molecular weight excluding hydrogens is 264 g/mol. The maximum absolute atomic E-state index is 12.6. The lowest BCUT2D eigenvalue weighted by Gasteiger charge is -2.53. The summed E-state index contributed by atoms with van der Waals surface area (Å²) in [4.78, 5) is 12.6. The van der Waals surface area contributed by atoms with Crippen LogP contribution in [0.3, 0.4) is 0 Å². The first-order valence-electron chi connectivity index (χ1n) is 7.04. The van der Waals surface area contributed by atoms with Gasteiger partial charge in [-0.3, -0.25) is 4.79 Å². The van der Waals surface area contributed by atoms with Gasteiger partial charge in [0.1, 0.15) is 5.60 Å². The minimum atomic E-state index is -1.42. The SMILES string of the molecule is CCCCO[C@H]1C[C@H]2C(C)=C[C@]1(C)C(=O)[C@]2(O)CCl. The van der Waals surface area contributed by atoms with Gasteiger partial charge >= 0.3 is 0 Å². The molecule has 0 saturated heterocycles. The lowest BCUT2D eigenvalue weighted by molar-refractivity contribution is -0.172. The molecule has 1 fully saturated rings. The van der Waals surface area contributed by atoms with Gasteiger partial charge in [-0.1, -0.05) is 25.0 Å². The predicted octanol–water partition coefficient (Wildman–Crippen LogP) is 2.70. The van der Waals surface area contributed by atoms with Crippen molar-refractivity contribution in [3.8, 4) is 0 Å². The Morgan fingerprint density at radius 2 is 2.26 bits per heavy atom. The van der Waals surface area contributed by atoms with Crippen LogP contribution in [0.2, 0.25) is 0 Å². The smallest absolute Gasteiger partial charge is 0.178 e. The van der Waals surface area contributed by atoms with Crippen molar-refractivity contribution in [3.05, 3.63) is 11.6 Å². The normalized spacial score (nSPS) is 41.5. The third kappa shape index (κ3) is 2.16. The Morgan fingerprint density at radius 3 is 2.84 bits per heavy atom. The van der Waals surface area contributed by atoms with Gasteiger partial charge in [0, 0.05) is 12.5 Å². The van der Waals surface area contributed by atoms with Gasteiger partial charge < -0.3 is 9.84 Å². The Balaban J connectivity index is 2.27. The summed E-state index contributed by atoms with van der Waals surface area (Å²) in [6.45, 7) is 6.61. The van der Waals surface area contributed by atoms with Crippen LogP contribution in [-0.4, -0.2) is 35.1 Å². The number of Topliss-reactive ketones (excluding diaryl/α,β-unsaturated/α-hetero) is 1. The summed E-state index contributed by atoms with van der Waals surface area (Å²) in [6.07, 6.45) is 4.58. The van der Waals surface area contributed by atoms with Crippen LogP contribution in [0.5, 0.6) is 0 Å². The van der Waals surface area contributed by atoms with Crippen LogP contribution in [0, 0.1) is 11.3 Å². The maximum atomic E-state index is 12.6. The number of aliphatic hydroxyl groups is 1. The second kappa shape index (κ2) is 5.19. The molecule has 4 heteroatoms. The van der Waals surface area contributed by atoms with Gasteiger partial charge in [-0.05, 0) is 26.7 Å². The Kier molecular flexibility index (Phi) is 4.10. The average Bonchev–Trinajstić information content (AvgIpc) is 2.38. The zero-order valence-electron chi connectivity index (χ0n) is 11.9. The fourth-order valence-electron chi connectivity index (χ4n) is 3.48. The number of alkyl halides is 1. The summed E-state index contributed by atoms with van der Waals surface area (Å²) in [6, 6.07) is 0. The number of hydrogen-bond donors (Lipinski definition) is 1. The summed E-state index contributed by atoms with van der Waals surface area (Å²) < 4.78 is 5.90. The molecule has 108 valence electrons. The highest BCUT2D eigenvalue weighted by atomic mass is 35.5. The number of unbranched alkanes of at least 4 members (excludes halogenated alkanes) is 1. The largest absolute Gasteiger partial charge is 0.380 e. The Hall–Kier alpha value is -0.380. The van der Waals surface area contributed by atoms with E-state index in [9.17, 15) is 9.90 Å².